The molecule has 0 unspecified atom stereocenters. The first-order valence-corrected chi connectivity index (χ1v) is 9.61. The number of nitrogens with zero attached hydrogens (tertiary/aromatic N) is 1. The normalized spacial score (nSPS) is 13.2. The van der Waals surface area contributed by atoms with Gasteiger partial charge >= 0.3 is 11.9 Å². The minimum absolute atomic E-state index is 0.0379. The van der Waals surface area contributed by atoms with E-state index in [1.807, 2.05) is 18.2 Å². The fraction of sp³-hybridized carbons (Fsp3) is 0.409. The van der Waals surface area contributed by atoms with Gasteiger partial charge in [-0.05, 0) is 49.6 Å². The van der Waals surface area contributed by atoms with Crippen LogP contribution in [0.5, 0.6) is 0 Å². The molecule has 6 heteroatoms. The molecule has 1 aliphatic rings. The zero-order chi connectivity index (χ0) is 20.4. The van der Waals surface area contributed by atoms with E-state index in [2.05, 4.69) is 19.9 Å². The Kier molecular flexibility index (Phi) is 5.68. The van der Waals surface area contributed by atoms with Gasteiger partial charge in [-0.1, -0.05) is 19.9 Å². The van der Waals surface area contributed by atoms with E-state index >= 15 is 0 Å². The van der Waals surface area contributed by atoms with Crippen LogP contribution in [-0.2, 0) is 19.1 Å². The number of hydrogen-bond donors (Lipinski definition) is 0. The topological polar surface area (TPSA) is 74.6 Å². The lowest BCUT2D eigenvalue weighted by atomic mass is 9.98. The molecule has 1 aromatic carbocycles. The van der Waals surface area contributed by atoms with Gasteiger partial charge in [-0.3, -0.25) is 19.0 Å². The summed E-state index contributed by atoms with van der Waals surface area (Å²) in [4.78, 5) is 37.4. The molecule has 0 bridgehead atoms. The molecule has 0 spiro atoms. The number of aromatic nitrogens is 1. The van der Waals surface area contributed by atoms with Crippen LogP contribution in [-0.4, -0.2) is 35.6 Å². The molecular formula is C22H25NO5. The third-order valence-corrected chi connectivity index (χ3v) is 4.89. The average Bonchev–Trinajstić information content (AvgIpc) is 3.15. The first-order chi connectivity index (χ1) is 13.4. The molecule has 0 fully saturated rings. The van der Waals surface area contributed by atoms with E-state index in [-0.39, 0.29) is 25.5 Å². The fourth-order valence-electron chi connectivity index (χ4n) is 3.45. The Morgan fingerprint density at radius 3 is 2.25 bits per heavy atom. The van der Waals surface area contributed by atoms with Crippen LogP contribution in [0.15, 0.2) is 29.8 Å². The third kappa shape index (κ3) is 3.59. The van der Waals surface area contributed by atoms with Gasteiger partial charge in [-0.2, -0.15) is 0 Å². The van der Waals surface area contributed by atoms with Crippen molar-refractivity contribution >= 4 is 34.8 Å². The Hall–Kier alpha value is -2.89. The van der Waals surface area contributed by atoms with Gasteiger partial charge in [-0.25, -0.2) is 0 Å². The predicted octanol–water partition coefficient (Wildman–Crippen LogP) is 3.93. The molecule has 6 nitrogen and oxygen atoms in total. The molecule has 28 heavy (non-hydrogen) atoms. The second-order valence-corrected chi connectivity index (χ2v) is 7.11. The van der Waals surface area contributed by atoms with Crippen molar-refractivity contribution in [3.63, 3.8) is 0 Å². The maximum absolute atomic E-state index is 13.0. The van der Waals surface area contributed by atoms with Gasteiger partial charge in [0.15, 0.2) is 5.92 Å². The number of carbonyl (C=O) groups excluding carboxylic acids is 3. The molecule has 0 atom stereocenters. The third-order valence-electron chi connectivity index (χ3n) is 4.89. The number of benzene rings is 1. The Morgan fingerprint density at radius 2 is 1.68 bits per heavy atom. The summed E-state index contributed by atoms with van der Waals surface area (Å²) in [6.07, 6.45) is 1.70. The van der Waals surface area contributed by atoms with Gasteiger partial charge < -0.3 is 9.47 Å². The number of esters is 2. The van der Waals surface area contributed by atoms with Gasteiger partial charge in [0.2, 0.25) is 0 Å². The van der Waals surface area contributed by atoms with E-state index < -0.39 is 17.9 Å². The molecule has 2 heterocycles. The highest BCUT2D eigenvalue weighted by atomic mass is 16.6. The number of hydrogen-bond acceptors (Lipinski definition) is 5. The molecule has 0 saturated carbocycles. The molecule has 0 N–H and O–H groups in total. The van der Waals surface area contributed by atoms with Crippen LogP contribution >= 0.6 is 0 Å². The fourth-order valence-corrected chi connectivity index (χ4v) is 3.45. The van der Waals surface area contributed by atoms with Crippen molar-refractivity contribution in [2.24, 2.45) is 5.92 Å². The van der Waals surface area contributed by atoms with Crippen molar-refractivity contribution in [3.8, 4) is 0 Å². The van der Waals surface area contributed by atoms with Crippen LogP contribution in [0.3, 0.4) is 0 Å². The Labute approximate surface area is 164 Å². The van der Waals surface area contributed by atoms with Gasteiger partial charge in [0.1, 0.15) is 0 Å². The summed E-state index contributed by atoms with van der Waals surface area (Å²) in [5.74, 6) is -2.30. The van der Waals surface area contributed by atoms with Gasteiger partial charge in [0.25, 0.3) is 5.91 Å². The van der Waals surface area contributed by atoms with Gasteiger partial charge in [-0.15, -0.1) is 0 Å². The van der Waals surface area contributed by atoms with E-state index in [1.165, 1.54) is 5.56 Å². The average molecular weight is 383 g/mol. The van der Waals surface area contributed by atoms with E-state index in [0.717, 1.165) is 16.6 Å². The molecule has 0 amide bonds. The zero-order valence-corrected chi connectivity index (χ0v) is 16.7. The summed E-state index contributed by atoms with van der Waals surface area (Å²) in [7, 11) is 0. The number of fused-ring (bicyclic) bond motifs is 3. The lowest BCUT2D eigenvalue weighted by Gasteiger charge is -2.14. The number of carbonyl (C=O) groups is 3. The van der Waals surface area contributed by atoms with E-state index in [1.54, 1.807) is 24.5 Å². The highest BCUT2D eigenvalue weighted by Gasteiger charge is 2.35. The van der Waals surface area contributed by atoms with E-state index in [0.29, 0.717) is 11.5 Å². The van der Waals surface area contributed by atoms with Gasteiger partial charge in [0.05, 0.1) is 24.4 Å². The maximum Gasteiger partial charge on any atom is 0.320 e. The monoisotopic (exact) mass is 383 g/mol. The Morgan fingerprint density at radius 1 is 1.04 bits per heavy atom. The van der Waals surface area contributed by atoms with E-state index in [9.17, 15) is 14.4 Å². The van der Waals surface area contributed by atoms with Crippen molar-refractivity contribution in [2.45, 2.75) is 40.0 Å². The van der Waals surface area contributed by atoms with Crippen molar-refractivity contribution in [2.75, 3.05) is 13.2 Å². The van der Waals surface area contributed by atoms with E-state index in [4.69, 9.17) is 9.47 Å². The predicted molar refractivity (Wildman–Crippen MR) is 106 cm³/mol. The standard InChI is InChI=1S/C22H25NO5/c1-5-27-21(25)18(22(26)28-6-2)12-16-11-17-10-15-9-14(13(3)4)7-8-19(15)23(17)20(16)24/h7-11,13,18H,5-6,12H2,1-4H3. The second kappa shape index (κ2) is 8.00. The van der Waals surface area contributed by atoms with Crippen LogP contribution in [0.2, 0.25) is 0 Å². The van der Waals surface area contributed by atoms with Crippen LogP contribution in [0.4, 0.5) is 0 Å². The Bertz CT molecular complexity index is 949. The quantitative estimate of drug-likeness (QED) is 0.535. The molecule has 3 rings (SSSR count). The smallest absolute Gasteiger partial charge is 0.320 e. The summed E-state index contributed by atoms with van der Waals surface area (Å²) in [6.45, 7) is 7.90. The minimum atomic E-state index is -1.14. The molecule has 1 aliphatic heterocycles. The second-order valence-electron chi connectivity index (χ2n) is 7.11. The van der Waals surface area contributed by atoms with Gasteiger partial charge in [0, 0.05) is 17.4 Å². The highest BCUT2D eigenvalue weighted by Crippen LogP contribution is 2.32. The maximum atomic E-state index is 13.0. The molecule has 2 aromatic rings. The largest absolute Gasteiger partial charge is 0.465 e. The van der Waals surface area contributed by atoms with Crippen LogP contribution in [0, 0.1) is 5.92 Å². The van der Waals surface area contributed by atoms with Crippen molar-refractivity contribution in [3.05, 3.63) is 41.1 Å². The Balaban J connectivity index is 1.91. The van der Waals surface area contributed by atoms with Crippen LogP contribution in [0.1, 0.15) is 56.1 Å². The minimum Gasteiger partial charge on any atom is -0.465 e. The molecular weight excluding hydrogens is 358 g/mol. The van der Waals surface area contributed by atoms with Crippen LogP contribution in [0.25, 0.3) is 17.0 Å². The highest BCUT2D eigenvalue weighted by molar-refractivity contribution is 6.11. The molecule has 148 valence electrons. The summed E-state index contributed by atoms with van der Waals surface area (Å²) in [5.41, 5.74) is 3.18. The number of rotatable bonds is 7. The molecule has 0 aliphatic carbocycles. The van der Waals surface area contributed by atoms with Crippen molar-refractivity contribution < 1.29 is 23.9 Å². The summed E-state index contributed by atoms with van der Waals surface area (Å²) in [6, 6.07) is 8.00. The van der Waals surface area contributed by atoms with Crippen molar-refractivity contribution in [1.29, 1.82) is 0 Å². The molecule has 0 radical (unpaired) electrons. The summed E-state index contributed by atoms with van der Waals surface area (Å²) < 4.78 is 11.6. The van der Waals surface area contributed by atoms with Crippen LogP contribution < -0.4 is 0 Å². The zero-order valence-electron chi connectivity index (χ0n) is 16.7. The first kappa shape index (κ1) is 19.9. The number of ether oxygens (including phenoxy) is 2. The summed E-state index contributed by atoms with van der Waals surface area (Å²) >= 11 is 0. The lowest BCUT2D eigenvalue weighted by Crippen LogP contribution is -2.29. The van der Waals surface area contributed by atoms with Crippen molar-refractivity contribution in [1.82, 2.24) is 4.57 Å². The molecule has 1 aromatic heterocycles. The number of allylic oxidation sites excluding steroid dienone is 1. The molecule has 0 saturated heterocycles. The lowest BCUT2D eigenvalue weighted by molar-refractivity contribution is -0.161. The summed E-state index contributed by atoms with van der Waals surface area (Å²) in [5, 5.41) is 0.997. The SMILES string of the molecule is CCOC(=O)C(CC1=Cc2cc3cc(C(C)C)ccc3n2C1=O)C(=O)OCC. The first-order valence-electron chi connectivity index (χ1n) is 9.61.